The highest BCUT2D eigenvalue weighted by molar-refractivity contribution is 5.71. The third-order valence-electron chi connectivity index (χ3n) is 15.4. The van der Waals surface area contributed by atoms with E-state index < -0.39 is 6.10 Å². The maximum atomic E-state index is 12.9. The molecule has 0 aromatic heterocycles. The van der Waals surface area contributed by atoms with Crippen molar-refractivity contribution in [2.45, 2.75) is 380 Å². The first-order valence-electron chi connectivity index (χ1n) is 34.0. The lowest BCUT2D eigenvalue weighted by atomic mass is 10.0. The Morgan fingerprint density at radius 2 is 0.474 bits per heavy atom. The minimum absolute atomic E-state index is 0.0672. The zero-order valence-electron chi connectivity index (χ0n) is 51.3. The van der Waals surface area contributed by atoms with Crippen molar-refractivity contribution in [3.8, 4) is 0 Å². The van der Waals surface area contributed by atoms with E-state index in [0.29, 0.717) is 19.3 Å². The van der Waals surface area contributed by atoms with Gasteiger partial charge >= 0.3 is 17.9 Å². The van der Waals surface area contributed by atoms with Crippen molar-refractivity contribution in [1.82, 2.24) is 0 Å². The smallest absolute Gasteiger partial charge is 0.306 e. The fraction of sp³-hybridized carbons (Fsp3) is 0.871. The number of esters is 3. The summed E-state index contributed by atoms with van der Waals surface area (Å²) < 4.78 is 17.0. The fourth-order valence-corrected chi connectivity index (χ4v) is 10.3. The first kappa shape index (κ1) is 73.6. The SMILES string of the molecule is CCCCCCC/C=C\C/C=C\C/C=C\CCCCCCCCCCCCC(=O)OCC(COC(=O)CCCCCCCCCCCCCCC)OC(=O)CCCCCCCCCCCCCCCCCCCCCC. The largest absolute Gasteiger partial charge is 0.462 e. The van der Waals surface area contributed by atoms with Crippen molar-refractivity contribution in [3.05, 3.63) is 36.5 Å². The van der Waals surface area contributed by atoms with Crippen LogP contribution in [0.5, 0.6) is 0 Å². The lowest BCUT2D eigenvalue weighted by Gasteiger charge is -2.18. The zero-order chi connectivity index (χ0) is 55.0. The number of hydrogen-bond donors (Lipinski definition) is 0. The monoisotopic (exact) mass is 1070 g/mol. The van der Waals surface area contributed by atoms with Gasteiger partial charge in [0.25, 0.3) is 0 Å². The molecule has 76 heavy (non-hydrogen) atoms. The summed E-state index contributed by atoms with van der Waals surface area (Å²) in [4.78, 5) is 38.4. The number of allylic oxidation sites excluding steroid dienone is 6. The number of rotatable bonds is 63. The van der Waals surface area contributed by atoms with Crippen LogP contribution in [0, 0.1) is 0 Å². The van der Waals surface area contributed by atoms with Crippen LogP contribution in [0.2, 0.25) is 0 Å². The average Bonchev–Trinajstić information content (AvgIpc) is 3.42. The Balaban J connectivity index is 4.26. The molecule has 0 bridgehead atoms. The fourth-order valence-electron chi connectivity index (χ4n) is 10.3. The Labute approximate surface area is 474 Å². The molecule has 1 atom stereocenters. The summed E-state index contributed by atoms with van der Waals surface area (Å²) in [5.74, 6) is -0.843. The number of carbonyl (C=O) groups excluding carboxylic acids is 3. The molecule has 0 aliphatic heterocycles. The van der Waals surface area contributed by atoms with E-state index in [2.05, 4.69) is 57.2 Å². The van der Waals surface area contributed by atoms with Crippen LogP contribution in [0.15, 0.2) is 36.5 Å². The van der Waals surface area contributed by atoms with E-state index in [1.54, 1.807) is 0 Å². The molecule has 0 aliphatic carbocycles. The van der Waals surface area contributed by atoms with Crippen LogP contribution in [-0.4, -0.2) is 37.2 Å². The standard InChI is InChI=1S/C70H130O6/c1-4-7-10-13-16-19-22-25-27-29-31-33-34-35-36-37-39-40-42-45-48-51-54-57-60-63-69(72)75-66-67(65-74-68(71)62-59-56-53-50-47-44-24-21-18-15-12-9-6-3)76-70(73)64-61-58-55-52-49-46-43-41-38-32-30-28-26-23-20-17-14-11-8-5-2/h22,25,29,31,34-35,67H,4-21,23-24,26-28,30,32-33,36-66H2,1-3H3/b25-22-,31-29-,35-34-. The lowest BCUT2D eigenvalue weighted by Crippen LogP contribution is -2.30. The molecule has 0 aromatic carbocycles. The predicted molar refractivity (Wildman–Crippen MR) is 330 cm³/mol. The van der Waals surface area contributed by atoms with Gasteiger partial charge in [0.15, 0.2) is 6.10 Å². The van der Waals surface area contributed by atoms with E-state index in [1.165, 1.54) is 263 Å². The van der Waals surface area contributed by atoms with Gasteiger partial charge in [-0.2, -0.15) is 0 Å². The molecule has 0 aromatic rings. The molecule has 446 valence electrons. The van der Waals surface area contributed by atoms with E-state index in [1.807, 2.05) is 0 Å². The molecule has 0 radical (unpaired) electrons. The van der Waals surface area contributed by atoms with Crippen molar-refractivity contribution in [1.29, 1.82) is 0 Å². The van der Waals surface area contributed by atoms with Crippen LogP contribution in [0.3, 0.4) is 0 Å². The van der Waals surface area contributed by atoms with Gasteiger partial charge in [-0.1, -0.05) is 333 Å². The Morgan fingerprint density at radius 1 is 0.263 bits per heavy atom. The van der Waals surface area contributed by atoms with Crippen LogP contribution < -0.4 is 0 Å². The normalized spacial score (nSPS) is 12.2. The van der Waals surface area contributed by atoms with Gasteiger partial charge in [-0.15, -0.1) is 0 Å². The second kappa shape index (κ2) is 65.2. The predicted octanol–water partition coefficient (Wildman–Crippen LogP) is 23.2. The third kappa shape index (κ3) is 62.5. The Kier molecular flexibility index (Phi) is 63.1. The summed E-state index contributed by atoms with van der Waals surface area (Å²) in [7, 11) is 0. The van der Waals surface area contributed by atoms with E-state index in [-0.39, 0.29) is 31.1 Å². The van der Waals surface area contributed by atoms with E-state index in [9.17, 15) is 14.4 Å². The second-order valence-electron chi connectivity index (χ2n) is 23.1. The molecule has 0 amide bonds. The maximum Gasteiger partial charge on any atom is 0.306 e. The van der Waals surface area contributed by atoms with Gasteiger partial charge in [-0.3, -0.25) is 14.4 Å². The topological polar surface area (TPSA) is 78.9 Å². The summed E-state index contributed by atoms with van der Waals surface area (Å²) in [5, 5.41) is 0. The van der Waals surface area contributed by atoms with Gasteiger partial charge in [-0.25, -0.2) is 0 Å². The molecule has 0 heterocycles. The number of ether oxygens (including phenoxy) is 3. The van der Waals surface area contributed by atoms with Gasteiger partial charge in [0.05, 0.1) is 0 Å². The van der Waals surface area contributed by atoms with Crippen LogP contribution in [0.1, 0.15) is 374 Å². The van der Waals surface area contributed by atoms with Crippen molar-refractivity contribution < 1.29 is 28.6 Å². The summed E-state index contributed by atoms with van der Waals surface area (Å²) in [6.07, 6.45) is 80.1. The summed E-state index contributed by atoms with van der Waals surface area (Å²) >= 11 is 0. The summed E-state index contributed by atoms with van der Waals surface area (Å²) in [5.41, 5.74) is 0. The molecule has 1 unspecified atom stereocenters. The lowest BCUT2D eigenvalue weighted by molar-refractivity contribution is -0.167. The zero-order valence-corrected chi connectivity index (χ0v) is 51.3. The van der Waals surface area contributed by atoms with Gasteiger partial charge < -0.3 is 14.2 Å². The van der Waals surface area contributed by atoms with Gasteiger partial charge in [0, 0.05) is 19.3 Å². The first-order chi connectivity index (χ1) is 37.5. The van der Waals surface area contributed by atoms with Gasteiger partial charge in [-0.05, 0) is 57.8 Å². The van der Waals surface area contributed by atoms with Crippen molar-refractivity contribution in [3.63, 3.8) is 0 Å². The molecule has 0 N–H and O–H groups in total. The maximum absolute atomic E-state index is 12.9. The average molecular weight is 1070 g/mol. The first-order valence-corrected chi connectivity index (χ1v) is 34.0. The Bertz CT molecular complexity index is 1270. The van der Waals surface area contributed by atoms with Crippen molar-refractivity contribution in [2.75, 3.05) is 13.2 Å². The molecule has 0 saturated heterocycles. The quantitative estimate of drug-likeness (QED) is 0.0261. The van der Waals surface area contributed by atoms with Crippen LogP contribution >= 0.6 is 0 Å². The number of hydrogen-bond acceptors (Lipinski definition) is 6. The van der Waals surface area contributed by atoms with Crippen LogP contribution in [0.25, 0.3) is 0 Å². The number of carbonyl (C=O) groups is 3. The molecule has 0 saturated carbocycles. The van der Waals surface area contributed by atoms with Crippen LogP contribution in [-0.2, 0) is 28.6 Å². The minimum atomic E-state index is -0.770. The third-order valence-corrected chi connectivity index (χ3v) is 15.4. The van der Waals surface area contributed by atoms with E-state index >= 15 is 0 Å². The van der Waals surface area contributed by atoms with E-state index in [0.717, 1.165) is 70.6 Å². The Hall–Kier alpha value is -2.37. The molecular weight excluding hydrogens is 937 g/mol. The van der Waals surface area contributed by atoms with Gasteiger partial charge in [0.2, 0.25) is 0 Å². The van der Waals surface area contributed by atoms with E-state index in [4.69, 9.17) is 14.2 Å². The van der Waals surface area contributed by atoms with Crippen LogP contribution in [0.4, 0.5) is 0 Å². The summed E-state index contributed by atoms with van der Waals surface area (Å²) in [6, 6.07) is 0. The molecule has 0 spiro atoms. The second-order valence-corrected chi connectivity index (χ2v) is 23.1. The molecular formula is C70H130O6. The van der Waals surface area contributed by atoms with Crippen molar-refractivity contribution in [2.24, 2.45) is 0 Å². The highest BCUT2D eigenvalue weighted by atomic mass is 16.6. The van der Waals surface area contributed by atoms with Gasteiger partial charge in [0.1, 0.15) is 13.2 Å². The Morgan fingerprint density at radius 3 is 0.737 bits per heavy atom. The highest BCUT2D eigenvalue weighted by Gasteiger charge is 2.19. The molecule has 6 nitrogen and oxygen atoms in total. The molecule has 0 fully saturated rings. The molecule has 6 heteroatoms. The molecule has 0 rings (SSSR count). The minimum Gasteiger partial charge on any atom is -0.462 e. The number of unbranched alkanes of at least 4 members (excludes halogenated alkanes) is 46. The summed E-state index contributed by atoms with van der Waals surface area (Å²) in [6.45, 7) is 6.70. The van der Waals surface area contributed by atoms with Crippen molar-refractivity contribution >= 4 is 17.9 Å². The highest BCUT2D eigenvalue weighted by Crippen LogP contribution is 2.18. The molecule has 0 aliphatic rings.